The van der Waals surface area contributed by atoms with Gasteiger partial charge in [0.25, 0.3) is 0 Å². The number of amides is 2. The summed E-state index contributed by atoms with van der Waals surface area (Å²) in [4.78, 5) is 58.1. The quantitative estimate of drug-likeness (QED) is 0.143. The molecular weight excluding hydrogens is 580 g/mol. The van der Waals surface area contributed by atoms with Crippen LogP contribution in [0.25, 0.3) is 22.2 Å². The third-order valence-corrected chi connectivity index (χ3v) is 8.79. The summed E-state index contributed by atoms with van der Waals surface area (Å²) >= 11 is 4.74. The van der Waals surface area contributed by atoms with E-state index < -0.39 is 5.97 Å². The van der Waals surface area contributed by atoms with Crippen LogP contribution >= 0.6 is 27.3 Å². The smallest absolute Gasteiger partial charge is 0.339 e. The van der Waals surface area contributed by atoms with Crippen LogP contribution in [0.3, 0.4) is 0 Å². The molecule has 1 aliphatic carbocycles. The number of thiophene rings is 1. The summed E-state index contributed by atoms with van der Waals surface area (Å²) in [5.74, 6) is -1.55. The van der Waals surface area contributed by atoms with Gasteiger partial charge in [-0.2, -0.15) is 0 Å². The Balaban J connectivity index is 1.30. The number of Topliss-reactive ketones (excluding diaryl/α,β-unsaturated/α-hetero) is 1. The average molecular weight is 603 g/mol. The summed E-state index contributed by atoms with van der Waals surface area (Å²) in [5, 5.41) is 2.39. The molecule has 0 radical (unpaired) electrons. The molecule has 2 aliphatic rings. The Morgan fingerprint density at radius 3 is 2.36 bits per heavy atom. The zero-order chi connectivity index (χ0) is 27.1. The SMILES string of the molecule is O=C(COC(=O)c1cc(-c2ccc(N3C(=O)C4CCCCC4C3=O)cc2)nc2ccc(Br)cc12)c1cccs1. The number of nitrogens with zero attached hydrogens (tertiary/aromatic N) is 2. The van der Waals surface area contributed by atoms with E-state index in [4.69, 9.17) is 9.72 Å². The fourth-order valence-electron chi connectivity index (χ4n) is 5.43. The molecule has 4 aromatic rings. The minimum atomic E-state index is -0.626. The molecular formula is C30H23BrN2O5S. The molecule has 6 rings (SSSR count). The topological polar surface area (TPSA) is 93.6 Å². The predicted octanol–water partition coefficient (Wildman–Crippen LogP) is 6.45. The van der Waals surface area contributed by atoms with Gasteiger partial charge in [0, 0.05) is 15.4 Å². The van der Waals surface area contributed by atoms with E-state index in [0.717, 1.165) is 30.2 Å². The number of benzene rings is 2. The molecule has 3 heterocycles. The van der Waals surface area contributed by atoms with Gasteiger partial charge in [-0.15, -0.1) is 11.3 Å². The van der Waals surface area contributed by atoms with Gasteiger partial charge in [0.15, 0.2) is 6.61 Å². The first kappa shape index (κ1) is 25.6. The molecule has 2 amide bonds. The molecule has 2 unspecified atom stereocenters. The Kier molecular flexibility index (Phi) is 6.86. The zero-order valence-corrected chi connectivity index (χ0v) is 23.2. The molecule has 2 aromatic heterocycles. The van der Waals surface area contributed by atoms with E-state index in [2.05, 4.69) is 15.9 Å². The maximum Gasteiger partial charge on any atom is 0.339 e. The summed E-state index contributed by atoms with van der Waals surface area (Å²) in [6, 6.07) is 17.6. The molecule has 1 saturated carbocycles. The van der Waals surface area contributed by atoms with Gasteiger partial charge in [-0.25, -0.2) is 9.78 Å². The van der Waals surface area contributed by atoms with Crippen molar-refractivity contribution >= 4 is 67.4 Å². The highest BCUT2D eigenvalue weighted by Crippen LogP contribution is 2.40. The number of esters is 1. The largest absolute Gasteiger partial charge is 0.454 e. The van der Waals surface area contributed by atoms with Gasteiger partial charge in [-0.05, 0) is 60.7 Å². The van der Waals surface area contributed by atoms with E-state index in [9.17, 15) is 19.2 Å². The molecule has 2 aromatic carbocycles. The number of carbonyl (C=O) groups is 4. The highest BCUT2D eigenvalue weighted by molar-refractivity contribution is 9.10. The van der Waals surface area contributed by atoms with Crippen LogP contribution < -0.4 is 4.90 Å². The van der Waals surface area contributed by atoms with Gasteiger partial charge in [-0.3, -0.25) is 19.3 Å². The number of fused-ring (bicyclic) bond motifs is 2. The molecule has 9 heteroatoms. The second-order valence-electron chi connectivity index (χ2n) is 9.75. The van der Waals surface area contributed by atoms with Crippen molar-refractivity contribution < 1.29 is 23.9 Å². The number of anilines is 1. The monoisotopic (exact) mass is 602 g/mol. The number of rotatable bonds is 6. The maximum absolute atomic E-state index is 13.2. The van der Waals surface area contributed by atoms with Crippen molar-refractivity contribution in [2.24, 2.45) is 11.8 Å². The Bertz CT molecular complexity index is 1590. The van der Waals surface area contributed by atoms with Gasteiger partial charge in [-0.1, -0.05) is 47.0 Å². The van der Waals surface area contributed by atoms with Crippen LogP contribution in [0.5, 0.6) is 0 Å². The van der Waals surface area contributed by atoms with Gasteiger partial charge < -0.3 is 4.74 Å². The van der Waals surface area contributed by atoms with Gasteiger partial charge in [0.05, 0.1) is 39.2 Å². The average Bonchev–Trinajstić information content (AvgIpc) is 3.58. The Labute approximate surface area is 236 Å². The van der Waals surface area contributed by atoms with E-state index in [1.165, 1.54) is 16.2 Å². The lowest BCUT2D eigenvalue weighted by atomic mass is 9.81. The minimum absolute atomic E-state index is 0.117. The number of hydrogen-bond donors (Lipinski definition) is 0. The van der Waals surface area contributed by atoms with Crippen LogP contribution in [0.15, 0.2) is 70.5 Å². The summed E-state index contributed by atoms with van der Waals surface area (Å²) in [6.45, 7) is -0.360. The van der Waals surface area contributed by atoms with E-state index in [1.54, 1.807) is 60.0 Å². The van der Waals surface area contributed by atoms with Crippen LogP contribution in [0.1, 0.15) is 45.7 Å². The number of pyridine rings is 1. The normalized spacial score (nSPS) is 18.8. The number of carbonyl (C=O) groups excluding carboxylic acids is 4. The molecule has 7 nitrogen and oxygen atoms in total. The highest BCUT2D eigenvalue weighted by Gasteiger charge is 2.48. The van der Waals surface area contributed by atoms with Crippen molar-refractivity contribution in [2.75, 3.05) is 11.5 Å². The van der Waals surface area contributed by atoms with Crippen molar-refractivity contribution in [1.82, 2.24) is 4.98 Å². The lowest BCUT2D eigenvalue weighted by Crippen LogP contribution is -2.30. The summed E-state index contributed by atoms with van der Waals surface area (Å²) in [6.07, 6.45) is 3.48. The van der Waals surface area contributed by atoms with Crippen LogP contribution in [-0.4, -0.2) is 35.2 Å². The molecule has 2 atom stereocenters. The lowest BCUT2D eigenvalue weighted by Gasteiger charge is -2.19. The molecule has 1 aliphatic heterocycles. The number of ether oxygens (including phenoxy) is 1. The van der Waals surface area contributed by atoms with Crippen molar-refractivity contribution in [3.8, 4) is 11.3 Å². The summed E-state index contributed by atoms with van der Waals surface area (Å²) in [5.41, 5.74) is 2.66. The van der Waals surface area contributed by atoms with E-state index in [1.807, 2.05) is 6.07 Å². The van der Waals surface area contributed by atoms with Crippen molar-refractivity contribution in [1.29, 1.82) is 0 Å². The molecule has 1 saturated heterocycles. The zero-order valence-electron chi connectivity index (χ0n) is 20.8. The van der Waals surface area contributed by atoms with Crippen LogP contribution in [-0.2, 0) is 14.3 Å². The summed E-state index contributed by atoms with van der Waals surface area (Å²) in [7, 11) is 0. The van der Waals surface area contributed by atoms with Crippen LogP contribution in [0, 0.1) is 11.8 Å². The minimum Gasteiger partial charge on any atom is -0.454 e. The Hall–Kier alpha value is -3.69. The van der Waals surface area contributed by atoms with Crippen molar-refractivity contribution in [3.63, 3.8) is 0 Å². The van der Waals surface area contributed by atoms with Gasteiger partial charge in [0.2, 0.25) is 17.6 Å². The first-order valence-corrected chi connectivity index (χ1v) is 14.4. The van der Waals surface area contributed by atoms with Crippen LogP contribution in [0.2, 0.25) is 0 Å². The molecule has 39 heavy (non-hydrogen) atoms. The summed E-state index contributed by atoms with van der Waals surface area (Å²) < 4.78 is 6.18. The van der Waals surface area contributed by atoms with E-state index >= 15 is 0 Å². The lowest BCUT2D eigenvalue weighted by molar-refractivity contribution is -0.122. The first-order chi connectivity index (χ1) is 18.9. The first-order valence-electron chi connectivity index (χ1n) is 12.7. The molecule has 0 spiro atoms. The van der Waals surface area contributed by atoms with Gasteiger partial charge in [0.1, 0.15) is 0 Å². The maximum atomic E-state index is 13.2. The van der Waals surface area contributed by atoms with Gasteiger partial charge >= 0.3 is 5.97 Å². The number of halogens is 1. The fraction of sp³-hybridized carbons (Fsp3) is 0.233. The van der Waals surface area contributed by atoms with E-state index in [0.29, 0.717) is 32.7 Å². The van der Waals surface area contributed by atoms with Crippen molar-refractivity contribution in [3.05, 3.63) is 81.0 Å². The number of imide groups is 1. The number of hydrogen-bond acceptors (Lipinski definition) is 7. The third kappa shape index (κ3) is 4.81. The number of aromatic nitrogens is 1. The highest BCUT2D eigenvalue weighted by atomic mass is 79.9. The Morgan fingerprint density at radius 1 is 0.974 bits per heavy atom. The molecule has 2 fully saturated rings. The Morgan fingerprint density at radius 2 is 1.69 bits per heavy atom. The van der Waals surface area contributed by atoms with Crippen molar-refractivity contribution in [2.45, 2.75) is 25.7 Å². The second kappa shape index (κ2) is 10.5. The second-order valence-corrected chi connectivity index (χ2v) is 11.6. The fourth-order valence-corrected chi connectivity index (χ4v) is 6.44. The molecule has 196 valence electrons. The molecule has 0 bridgehead atoms. The molecule has 0 N–H and O–H groups in total. The van der Waals surface area contributed by atoms with E-state index in [-0.39, 0.29) is 41.6 Å². The number of ketones is 1. The third-order valence-electron chi connectivity index (χ3n) is 7.38. The standard InChI is InChI=1S/C30H23BrN2O5S/c31-18-9-12-24-22(14-18)23(30(37)38-16-26(34)27-6-3-13-39-27)15-25(32-24)17-7-10-19(11-8-17)33-28(35)20-4-1-2-5-21(20)29(33)36/h3,6-15,20-21H,1-2,4-5,16H2. The van der Waals surface area contributed by atoms with Crippen LogP contribution in [0.4, 0.5) is 5.69 Å². The predicted molar refractivity (Wildman–Crippen MR) is 152 cm³/mol.